The van der Waals surface area contributed by atoms with E-state index < -0.39 is 60.2 Å². The predicted molar refractivity (Wildman–Crippen MR) is 225 cm³/mol. The van der Waals surface area contributed by atoms with Crippen LogP contribution in [0.2, 0.25) is 0 Å². The van der Waals surface area contributed by atoms with Crippen LogP contribution < -0.4 is 5.32 Å². The third kappa shape index (κ3) is 7.23. The number of hydrogen-bond donors (Lipinski definition) is 2. The number of likely N-dealkylation sites (tertiary alicyclic amines) is 1. The average molecular weight is 855 g/mol. The number of piperidine rings is 2. The van der Waals surface area contributed by atoms with Crippen LogP contribution in [0, 0.1) is 11.3 Å². The van der Waals surface area contributed by atoms with Crippen LogP contribution in [0.4, 0.5) is 17.6 Å². The van der Waals surface area contributed by atoms with Gasteiger partial charge in [-0.15, -0.1) is 0 Å². The van der Waals surface area contributed by atoms with Crippen molar-refractivity contribution in [3.8, 4) is 0 Å². The Kier molecular flexibility index (Phi) is 10.4. The van der Waals surface area contributed by atoms with Gasteiger partial charge >= 0.3 is 0 Å². The summed E-state index contributed by atoms with van der Waals surface area (Å²) in [5.74, 6) is -2.08. The molecule has 6 heterocycles. The molecule has 2 N–H and O–H groups in total. The van der Waals surface area contributed by atoms with Gasteiger partial charge in [-0.2, -0.15) is 0 Å². The van der Waals surface area contributed by atoms with E-state index in [0.29, 0.717) is 54.4 Å². The van der Waals surface area contributed by atoms with Crippen LogP contribution in [0.15, 0.2) is 59.4 Å². The summed E-state index contributed by atoms with van der Waals surface area (Å²) in [4.78, 5) is 61.6. The maximum absolute atomic E-state index is 17.1. The van der Waals surface area contributed by atoms with Gasteiger partial charge in [0, 0.05) is 67.2 Å². The number of alkyl halides is 3. The lowest BCUT2D eigenvalue weighted by atomic mass is 9.65. The van der Waals surface area contributed by atoms with Gasteiger partial charge in [0.2, 0.25) is 11.8 Å². The van der Waals surface area contributed by atoms with E-state index in [9.17, 15) is 28.0 Å². The van der Waals surface area contributed by atoms with Crippen molar-refractivity contribution in [2.24, 2.45) is 11.3 Å². The number of carbonyl (C=O) groups is 4. The standard InChI is InChI=1S/C48H54F4N6O4/c1-27-17-33-32-5-3-4-6-37(32)53-42(33)43(57(27)26-39(50)51)41-36(49)18-29(21-47(41,2)52)23-55-15-13-48(14-16-55)11-9-28(10-12-48)22-56-24-30-19-34-35(20-31(30)25-56)46(62)58(45(34)61)38-7-8-40(59)54-44(38)60/h3-6,18-20,27-28,38-39,43,53H,7-17,21-26H2,1-2H3,(H,54,59,60)/t27-,38?,43-,47?/m1/s1. The fraction of sp³-hybridized carbons (Fsp3) is 0.542. The van der Waals surface area contributed by atoms with E-state index in [4.69, 9.17) is 0 Å². The van der Waals surface area contributed by atoms with Gasteiger partial charge < -0.3 is 4.98 Å². The number of rotatable bonds is 8. The Morgan fingerprint density at radius 2 is 1.58 bits per heavy atom. The number of aromatic amines is 1. The maximum atomic E-state index is 17.1. The Labute approximate surface area is 358 Å². The molecule has 0 bridgehead atoms. The van der Waals surface area contributed by atoms with Crippen molar-refractivity contribution >= 4 is 34.5 Å². The Balaban J connectivity index is 0.751. The molecule has 7 aliphatic rings. The van der Waals surface area contributed by atoms with Gasteiger partial charge in [0.1, 0.15) is 17.5 Å². The molecule has 4 atom stereocenters. The van der Waals surface area contributed by atoms with Crippen LogP contribution in [-0.2, 0) is 29.1 Å². The highest BCUT2D eigenvalue weighted by Gasteiger charge is 2.49. The van der Waals surface area contributed by atoms with Crippen molar-refractivity contribution in [3.63, 3.8) is 0 Å². The smallest absolute Gasteiger partial charge is 0.262 e. The van der Waals surface area contributed by atoms with Crippen molar-refractivity contribution < 1.29 is 36.7 Å². The lowest BCUT2D eigenvalue weighted by Crippen LogP contribution is -2.54. The molecule has 3 fully saturated rings. The first-order valence-electron chi connectivity index (χ1n) is 22.4. The van der Waals surface area contributed by atoms with Crippen molar-refractivity contribution in [1.29, 1.82) is 0 Å². The van der Waals surface area contributed by atoms with Crippen LogP contribution in [0.5, 0.6) is 0 Å². The van der Waals surface area contributed by atoms with E-state index in [1.54, 1.807) is 4.90 Å². The highest BCUT2D eigenvalue weighted by atomic mass is 19.3. The van der Waals surface area contributed by atoms with Gasteiger partial charge in [-0.1, -0.05) is 18.2 Å². The second-order valence-electron chi connectivity index (χ2n) is 19.5. The predicted octanol–water partition coefficient (Wildman–Crippen LogP) is 7.69. The summed E-state index contributed by atoms with van der Waals surface area (Å²) in [5.41, 5.74) is 3.91. The molecule has 1 spiro atoms. The number of imide groups is 2. The molecule has 10 nitrogen and oxygen atoms in total. The second-order valence-corrected chi connectivity index (χ2v) is 19.5. The van der Waals surface area contributed by atoms with Crippen LogP contribution in [0.1, 0.15) is 121 Å². The van der Waals surface area contributed by atoms with Crippen molar-refractivity contribution in [2.45, 2.75) is 121 Å². The van der Waals surface area contributed by atoms with E-state index in [2.05, 4.69) is 20.1 Å². The topological polar surface area (TPSA) is 109 Å². The van der Waals surface area contributed by atoms with Crippen LogP contribution in [0.3, 0.4) is 0 Å². The average Bonchev–Trinajstić information content (AvgIpc) is 3.87. The van der Waals surface area contributed by atoms with Gasteiger partial charge in [0.05, 0.1) is 23.7 Å². The van der Waals surface area contributed by atoms with Gasteiger partial charge in [0.25, 0.3) is 18.2 Å². The molecular weight excluding hydrogens is 801 g/mol. The third-order valence-corrected chi connectivity index (χ3v) is 15.4. The minimum Gasteiger partial charge on any atom is -0.357 e. The summed E-state index contributed by atoms with van der Waals surface area (Å²) in [7, 11) is 0. The molecule has 1 aromatic heterocycles. The first-order valence-corrected chi connectivity index (χ1v) is 22.4. The second kappa shape index (κ2) is 15.5. The number of benzene rings is 2. The van der Waals surface area contributed by atoms with E-state index >= 15 is 8.78 Å². The van der Waals surface area contributed by atoms with E-state index in [1.165, 1.54) is 13.0 Å². The molecule has 2 unspecified atom stereocenters. The molecule has 3 aromatic rings. The zero-order chi connectivity index (χ0) is 43.2. The molecule has 10 rings (SSSR count). The molecule has 2 saturated heterocycles. The monoisotopic (exact) mass is 854 g/mol. The minimum atomic E-state index is -2.65. The number of para-hydroxylation sites is 1. The molecular formula is C48H54F4N6O4. The number of nitrogens with one attached hydrogen (secondary N) is 2. The number of H-pyrrole nitrogens is 1. The van der Waals surface area contributed by atoms with Gasteiger partial charge in [-0.25, -0.2) is 17.6 Å². The van der Waals surface area contributed by atoms with E-state index in [1.807, 2.05) is 43.3 Å². The summed E-state index contributed by atoms with van der Waals surface area (Å²) in [5, 5.41) is 3.21. The quantitative estimate of drug-likeness (QED) is 0.177. The van der Waals surface area contributed by atoms with Gasteiger partial charge in [-0.3, -0.25) is 44.1 Å². The molecule has 5 aliphatic heterocycles. The fourth-order valence-electron chi connectivity index (χ4n) is 12.2. The molecule has 14 heteroatoms. The third-order valence-electron chi connectivity index (χ3n) is 15.4. The van der Waals surface area contributed by atoms with Crippen molar-refractivity contribution in [1.82, 2.24) is 29.9 Å². The normalized spacial score (nSPS) is 28.6. The van der Waals surface area contributed by atoms with Gasteiger partial charge in [0.15, 0.2) is 0 Å². The molecule has 62 heavy (non-hydrogen) atoms. The number of amides is 4. The lowest BCUT2D eigenvalue weighted by molar-refractivity contribution is -0.136. The number of carbonyl (C=O) groups excluding carboxylic acids is 4. The number of halogens is 4. The summed E-state index contributed by atoms with van der Waals surface area (Å²) < 4.78 is 61.6. The van der Waals surface area contributed by atoms with Crippen LogP contribution >= 0.6 is 0 Å². The molecule has 328 valence electrons. The van der Waals surface area contributed by atoms with E-state index in [0.717, 1.165) is 90.7 Å². The molecule has 1 saturated carbocycles. The molecule has 2 aliphatic carbocycles. The minimum absolute atomic E-state index is 0.0124. The SMILES string of the molecule is C[C@@H]1Cc2c([nH]c3ccccc23)[C@@H](C2=C(F)C=C(CN3CCC4(CCC(CN5Cc6cc7c(cc6C5)C(=O)N(C5CCC(=O)NC5=O)C7=O)CC4)CC3)CC2(C)F)N1CC(F)F. The van der Waals surface area contributed by atoms with Crippen LogP contribution in [-0.4, -0.2) is 105 Å². The zero-order valence-electron chi connectivity index (χ0n) is 35.4. The summed E-state index contributed by atoms with van der Waals surface area (Å²) in [6, 6.07) is 9.07. The Bertz CT molecular complexity index is 2380. The summed E-state index contributed by atoms with van der Waals surface area (Å²) >= 11 is 0. The maximum Gasteiger partial charge on any atom is 0.262 e. The van der Waals surface area contributed by atoms with E-state index in [-0.39, 0.29) is 36.3 Å². The highest BCUT2D eigenvalue weighted by Crippen LogP contribution is 2.51. The molecule has 0 radical (unpaired) electrons. The summed E-state index contributed by atoms with van der Waals surface area (Å²) in [6.07, 6.45) is 6.15. The Morgan fingerprint density at radius 3 is 2.23 bits per heavy atom. The van der Waals surface area contributed by atoms with Crippen LogP contribution in [0.25, 0.3) is 10.9 Å². The Morgan fingerprint density at radius 1 is 0.903 bits per heavy atom. The molecule has 2 aromatic carbocycles. The highest BCUT2D eigenvalue weighted by molar-refractivity contribution is 6.23. The number of hydrogen-bond acceptors (Lipinski definition) is 7. The number of fused-ring (bicyclic) bond motifs is 5. The zero-order valence-corrected chi connectivity index (χ0v) is 35.4. The van der Waals surface area contributed by atoms with Crippen molar-refractivity contribution in [3.05, 3.63) is 93.0 Å². The number of aromatic nitrogens is 1. The largest absolute Gasteiger partial charge is 0.357 e. The van der Waals surface area contributed by atoms with Gasteiger partial charge in [-0.05, 0) is 136 Å². The van der Waals surface area contributed by atoms with Crippen molar-refractivity contribution in [2.75, 3.05) is 32.7 Å². The Hall–Kier alpha value is -4.66. The number of nitrogens with zero attached hydrogens (tertiary/aromatic N) is 4. The first-order chi connectivity index (χ1) is 29.7. The summed E-state index contributed by atoms with van der Waals surface area (Å²) in [6.45, 7) is 7.22. The first kappa shape index (κ1) is 41.4. The lowest BCUT2D eigenvalue weighted by Gasteiger charge is -2.47. The number of allylic oxidation sites excluding steroid dienone is 2. The fourth-order valence-corrected chi connectivity index (χ4v) is 12.2. The molecule has 4 amide bonds.